The van der Waals surface area contributed by atoms with E-state index in [4.69, 9.17) is 0 Å². The minimum atomic E-state index is -0.469. The van der Waals surface area contributed by atoms with E-state index in [2.05, 4.69) is 19.3 Å². The first-order valence-electron chi connectivity index (χ1n) is 7.01. The maximum atomic E-state index is 11.8. The molecule has 0 fully saturated rings. The summed E-state index contributed by atoms with van der Waals surface area (Å²) >= 11 is 0. The molecule has 6 heteroatoms. The predicted octanol–water partition coefficient (Wildman–Crippen LogP) is 1.81. The van der Waals surface area contributed by atoms with Crippen LogP contribution in [0.15, 0.2) is 58.2 Å². The maximum Gasteiger partial charge on any atom is 0.335 e. The quantitative estimate of drug-likeness (QED) is 0.729. The number of aryl methyl sites for hydroxylation is 1. The number of hydrogen-bond donors (Lipinski definition) is 1. The summed E-state index contributed by atoms with van der Waals surface area (Å²) in [4.78, 5) is 27.0. The average Bonchev–Trinajstić information content (AvgIpc) is 2.95. The molecule has 3 rings (SSSR count). The first-order chi connectivity index (χ1) is 10.7. The molecule has 3 heterocycles. The van der Waals surface area contributed by atoms with Crippen molar-refractivity contribution in [2.75, 3.05) is 6.54 Å². The molecule has 112 valence electrons. The van der Waals surface area contributed by atoms with Crippen molar-refractivity contribution >= 4 is 16.9 Å². The van der Waals surface area contributed by atoms with Gasteiger partial charge in [0, 0.05) is 36.9 Å². The molecule has 0 bridgehead atoms. The summed E-state index contributed by atoms with van der Waals surface area (Å²) in [6.45, 7) is 1.30. The Hall–Kier alpha value is -2.89. The van der Waals surface area contributed by atoms with Crippen LogP contribution in [0.25, 0.3) is 11.0 Å². The van der Waals surface area contributed by atoms with Crippen LogP contribution in [0.5, 0.6) is 0 Å². The Labute approximate surface area is 126 Å². The summed E-state index contributed by atoms with van der Waals surface area (Å²) in [6, 6.07) is 8.62. The zero-order chi connectivity index (χ0) is 15.4. The molecule has 0 saturated carbocycles. The third kappa shape index (κ3) is 3.06. The first kappa shape index (κ1) is 14.1. The van der Waals surface area contributed by atoms with Crippen LogP contribution < -0.4 is 10.9 Å². The van der Waals surface area contributed by atoms with Crippen LogP contribution in [0.1, 0.15) is 16.8 Å². The number of nitrogens with zero attached hydrogens (tertiary/aromatic N) is 2. The fourth-order valence-corrected chi connectivity index (χ4v) is 2.24. The lowest BCUT2D eigenvalue weighted by Crippen LogP contribution is -2.25. The summed E-state index contributed by atoms with van der Waals surface area (Å²) in [5, 5.41) is 3.90. The van der Waals surface area contributed by atoms with Gasteiger partial charge in [-0.15, -0.1) is 0 Å². The molecule has 0 unspecified atom stereocenters. The third-order valence-corrected chi connectivity index (χ3v) is 3.35. The van der Waals surface area contributed by atoms with E-state index in [0.717, 1.165) is 24.0 Å². The topological polar surface area (TPSA) is 77.1 Å². The maximum absolute atomic E-state index is 11.8. The number of nitrogens with one attached hydrogen (secondary N) is 1. The molecule has 0 aliphatic carbocycles. The molecular formula is C16H15N3O3. The highest BCUT2D eigenvalue weighted by atomic mass is 16.4. The highest BCUT2D eigenvalue weighted by Crippen LogP contribution is 2.12. The Morgan fingerprint density at radius 2 is 2.18 bits per heavy atom. The van der Waals surface area contributed by atoms with Gasteiger partial charge in [0.05, 0.1) is 5.56 Å². The van der Waals surface area contributed by atoms with Gasteiger partial charge in [0.2, 0.25) is 0 Å². The lowest BCUT2D eigenvalue weighted by atomic mass is 10.3. The van der Waals surface area contributed by atoms with Crippen LogP contribution in [0.2, 0.25) is 0 Å². The van der Waals surface area contributed by atoms with Gasteiger partial charge in [-0.2, -0.15) is 0 Å². The van der Waals surface area contributed by atoms with Gasteiger partial charge in [0.25, 0.3) is 5.91 Å². The highest BCUT2D eigenvalue weighted by molar-refractivity contribution is 5.93. The lowest BCUT2D eigenvalue weighted by molar-refractivity contribution is 0.0950. The Morgan fingerprint density at radius 1 is 1.27 bits per heavy atom. The number of carbonyl (C=O) groups excluding carboxylic acids is 1. The molecule has 6 nitrogen and oxygen atoms in total. The van der Waals surface area contributed by atoms with Crippen LogP contribution in [-0.4, -0.2) is 22.0 Å². The van der Waals surface area contributed by atoms with Gasteiger partial charge in [0.15, 0.2) is 0 Å². The summed E-state index contributed by atoms with van der Waals surface area (Å²) in [6.07, 6.45) is 5.71. The molecule has 0 aromatic carbocycles. The molecule has 0 radical (unpaired) electrons. The predicted molar refractivity (Wildman–Crippen MR) is 81.7 cm³/mol. The SMILES string of the molecule is O=C(NCCCn1ccc2cccnc21)c1ccc(=O)oc1. The van der Waals surface area contributed by atoms with Crippen molar-refractivity contribution in [3.63, 3.8) is 0 Å². The largest absolute Gasteiger partial charge is 0.430 e. The molecule has 3 aromatic rings. The first-order valence-corrected chi connectivity index (χ1v) is 7.01. The van der Waals surface area contributed by atoms with Crippen LogP contribution in [0, 0.1) is 0 Å². The lowest BCUT2D eigenvalue weighted by Gasteiger charge is -2.06. The number of hydrogen-bond acceptors (Lipinski definition) is 4. The Balaban J connectivity index is 1.52. The molecule has 3 aromatic heterocycles. The van der Waals surface area contributed by atoms with Crippen molar-refractivity contribution in [1.82, 2.24) is 14.9 Å². The second-order valence-electron chi connectivity index (χ2n) is 4.88. The molecule has 1 N–H and O–H groups in total. The number of carbonyl (C=O) groups is 1. The van der Waals surface area contributed by atoms with Crippen molar-refractivity contribution in [1.29, 1.82) is 0 Å². The molecule has 0 aliphatic heterocycles. The number of rotatable bonds is 5. The van der Waals surface area contributed by atoms with E-state index in [1.165, 1.54) is 18.4 Å². The molecule has 22 heavy (non-hydrogen) atoms. The van der Waals surface area contributed by atoms with Gasteiger partial charge in [-0.25, -0.2) is 9.78 Å². The highest BCUT2D eigenvalue weighted by Gasteiger charge is 2.06. The number of pyridine rings is 1. The van der Waals surface area contributed by atoms with Crippen molar-refractivity contribution < 1.29 is 9.21 Å². The van der Waals surface area contributed by atoms with Gasteiger partial charge in [-0.1, -0.05) is 0 Å². The minimum Gasteiger partial charge on any atom is -0.430 e. The molecule has 1 amide bonds. The van der Waals surface area contributed by atoms with E-state index in [9.17, 15) is 9.59 Å². The number of aromatic nitrogens is 2. The van der Waals surface area contributed by atoms with Crippen molar-refractivity contribution in [2.24, 2.45) is 0 Å². The van der Waals surface area contributed by atoms with Crippen LogP contribution >= 0.6 is 0 Å². The van der Waals surface area contributed by atoms with Crippen LogP contribution in [0.4, 0.5) is 0 Å². The van der Waals surface area contributed by atoms with E-state index in [1.54, 1.807) is 6.20 Å². The van der Waals surface area contributed by atoms with Crippen LogP contribution in [0.3, 0.4) is 0 Å². The Bertz CT molecular complexity index is 830. The normalized spacial score (nSPS) is 10.7. The van der Waals surface area contributed by atoms with Crippen molar-refractivity contribution in [2.45, 2.75) is 13.0 Å². The zero-order valence-corrected chi connectivity index (χ0v) is 11.9. The Kier molecular flexibility index (Phi) is 4.00. The molecule has 0 atom stereocenters. The summed E-state index contributed by atoms with van der Waals surface area (Å²) in [5.74, 6) is -0.251. The van der Waals surface area contributed by atoms with E-state index in [1.807, 2.05) is 24.4 Å². The fourth-order valence-electron chi connectivity index (χ4n) is 2.24. The van der Waals surface area contributed by atoms with Gasteiger partial charge in [0.1, 0.15) is 11.9 Å². The van der Waals surface area contributed by atoms with Gasteiger partial charge >= 0.3 is 5.63 Å². The summed E-state index contributed by atoms with van der Waals surface area (Å²) in [5.41, 5.74) is 0.815. The molecule has 0 saturated heterocycles. The van der Waals surface area contributed by atoms with Gasteiger partial charge < -0.3 is 14.3 Å². The molecule has 0 spiro atoms. The number of fused-ring (bicyclic) bond motifs is 1. The Morgan fingerprint density at radius 3 is 3.00 bits per heavy atom. The standard InChI is InChI=1S/C16H15N3O3/c20-14-5-4-13(11-22-14)16(21)18-8-2-9-19-10-6-12-3-1-7-17-15(12)19/h1,3-7,10-11H,2,8-9H2,(H,18,21). The summed E-state index contributed by atoms with van der Waals surface area (Å²) in [7, 11) is 0. The minimum absolute atomic E-state index is 0.251. The van der Waals surface area contributed by atoms with Gasteiger partial charge in [-0.05, 0) is 30.7 Å². The fraction of sp³-hybridized carbons (Fsp3) is 0.188. The second-order valence-corrected chi connectivity index (χ2v) is 4.88. The van der Waals surface area contributed by atoms with Gasteiger partial charge in [-0.3, -0.25) is 4.79 Å². The smallest absolute Gasteiger partial charge is 0.335 e. The molecular weight excluding hydrogens is 282 g/mol. The monoisotopic (exact) mass is 297 g/mol. The van der Waals surface area contributed by atoms with E-state index in [0.29, 0.717) is 12.1 Å². The van der Waals surface area contributed by atoms with E-state index >= 15 is 0 Å². The molecule has 0 aliphatic rings. The number of amides is 1. The average molecular weight is 297 g/mol. The van der Waals surface area contributed by atoms with Crippen molar-refractivity contribution in [3.8, 4) is 0 Å². The second kappa shape index (κ2) is 6.26. The third-order valence-electron chi connectivity index (χ3n) is 3.35. The van der Waals surface area contributed by atoms with Crippen LogP contribution in [-0.2, 0) is 6.54 Å². The zero-order valence-electron chi connectivity index (χ0n) is 11.9. The van der Waals surface area contributed by atoms with E-state index < -0.39 is 5.63 Å². The summed E-state index contributed by atoms with van der Waals surface area (Å²) < 4.78 is 6.72. The van der Waals surface area contributed by atoms with E-state index in [-0.39, 0.29) is 5.91 Å². The van der Waals surface area contributed by atoms with Crippen molar-refractivity contribution in [3.05, 3.63) is 65.0 Å².